The van der Waals surface area contributed by atoms with Crippen LogP contribution in [-0.2, 0) is 10.2 Å². The van der Waals surface area contributed by atoms with Crippen LogP contribution < -0.4 is 5.43 Å². The summed E-state index contributed by atoms with van der Waals surface area (Å²) in [5.41, 5.74) is 6.32. The molecule has 0 radical (unpaired) electrons. The molecule has 0 spiro atoms. The summed E-state index contributed by atoms with van der Waals surface area (Å²) in [6.07, 6.45) is 2.56. The van der Waals surface area contributed by atoms with E-state index in [1.807, 2.05) is 24.3 Å². The summed E-state index contributed by atoms with van der Waals surface area (Å²) in [6.45, 7) is 6.62. The second-order valence-corrected chi connectivity index (χ2v) is 8.53. The van der Waals surface area contributed by atoms with E-state index in [4.69, 9.17) is 0 Å². The van der Waals surface area contributed by atoms with Crippen molar-refractivity contribution < 1.29 is 4.79 Å². The maximum absolute atomic E-state index is 12.2. The van der Waals surface area contributed by atoms with Crippen LogP contribution in [0.25, 0.3) is 0 Å². The van der Waals surface area contributed by atoms with Gasteiger partial charge in [0.15, 0.2) is 0 Å². The molecule has 2 aromatic rings. The van der Waals surface area contributed by atoms with Crippen LogP contribution in [0.1, 0.15) is 49.8 Å². The molecule has 2 aromatic carbocycles. The Morgan fingerprint density at radius 3 is 2.56 bits per heavy atom. The number of benzene rings is 2. The second-order valence-electron chi connectivity index (χ2n) is 7.61. The smallest absolute Gasteiger partial charge is 0.243 e. The lowest BCUT2D eigenvalue weighted by Gasteiger charge is -2.19. The fourth-order valence-electron chi connectivity index (χ4n) is 2.92. The van der Waals surface area contributed by atoms with Crippen molar-refractivity contribution in [1.82, 2.24) is 5.43 Å². The molecule has 1 aliphatic carbocycles. The van der Waals surface area contributed by atoms with Crippen molar-refractivity contribution in [3.05, 3.63) is 69.7 Å². The molecule has 25 heavy (non-hydrogen) atoms. The zero-order valence-corrected chi connectivity index (χ0v) is 16.4. The van der Waals surface area contributed by atoms with Gasteiger partial charge >= 0.3 is 0 Å². The summed E-state index contributed by atoms with van der Waals surface area (Å²) in [5.74, 6) is 0.339. The van der Waals surface area contributed by atoms with E-state index in [9.17, 15) is 4.79 Å². The zero-order chi connectivity index (χ0) is 18.0. The molecule has 1 saturated carbocycles. The van der Waals surface area contributed by atoms with Crippen LogP contribution in [0.15, 0.2) is 58.1 Å². The van der Waals surface area contributed by atoms with E-state index in [0.717, 1.165) is 16.5 Å². The third-order valence-electron chi connectivity index (χ3n) is 4.57. The minimum absolute atomic E-state index is 0.00357. The Hall–Kier alpha value is -1.94. The van der Waals surface area contributed by atoms with Gasteiger partial charge < -0.3 is 0 Å². The Balaban J connectivity index is 1.55. The molecule has 1 N–H and O–H groups in total. The van der Waals surface area contributed by atoms with Gasteiger partial charge in [0, 0.05) is 10.4 Å². The van der Waals surface area contributed by atoms with Gasteiger partial charge in [-0.05, 0) is 46.6 Å². The van der Waals surface area contributed by atoms with Crippen molar-refractivity contribution in [2.24, 2.45) is 11.0 Å². The first-order valence-corrected chi connectivity index (χ1v) is 9.33. The highest BCUT2D eigenvalue weighted by Gasteiger charge is 2.43. The molecule has 2 unspecified atom stereocenters. The average molecular weight is 399 g/mol. The zero-order valence-electron chi connectivity index (χ0n) is 14.8. The van der Waals surface area contributed by atoms with Crippen LogP contribution in [0.4, 0.5) is 0 Å². The van der Waals surface area contributed by atoms with Crippen LogP contribution >= 0.6 is 15.9 Å². The monoisotopic (exact) mass is 398 g/mol. The fourth-order valence-corrected chi connectivity index (χ4v) is 3.34. The van der Waals surface area contributed by atoms with Crippen molar-refractivity contribution >= 4 is 28.1 Å². The lowest BCUT2D eigenvalue weighted by Crippen LogP contribution is -2.20. The molecule has 2 atom stereocenters. The molecule has 1 aliphatic rings. The van der Waals surface area contributed by atoms with Gasteiger partial charge in [-0.1, -0.05) is 73.1 Å². The third-order valence-corrected chi connectivity index (χ3v) is 5.06. The molecule has 1 fully saturated rings. The molecule has 0 heterocycles. The van der Waals surface area contributed by atoms with Gasteiger partial charge in [0.25, 0.3) is 0 Å². The van der Waals surface area contributed by atoms with E-state index in [2.05, 4.69) is 71.5 Å². The molecule has 130 valence electrons. The lowest BCUT2D eigenvalue weighted by molar-refractivity contribution is -0.122. The summed E-state index contributed by atoms with van der Waals surface area (Å²) >= 11 is 3.42. The van der Waals surface area contributed by atoms with Crippen molar-refractivity contribution in [2.45, 2.75) is 38.5 Å². The average Bonchev–Trinajstić information content (AvgIpc) is 3.35. The van der Waals surface area contributed by atoms with Crippen molar-refractivity contribution in [1.29, 1.82) is 0 Å². The minimum atomic E-state index is -0.00357. The number of amides is 1. The van der Waals surface area contributed by atoms with E-state index in [1.54, 1.807) is 6.21 Å². The first-order chi connectivity index (χ1) is 11.8. The molecule has 0 aliphatic heterocycles. The fraction of sp³-hybridized carbons (Fsp3) is 0.333. The van der Waals surface area contributed by atoms with Crippen LogP contribution in [-0.4, -0.2) is 12.1 Å². The van der Waals surface area contributed by atoms with Crippen LogP contribution in [0.2, 0.25) is 0 Å². The number of hydrazone groups is 1. The maximum atomic E-state index is 12.2. The number of hydrogen-bond donors (Lipinski definition) is 1. The van der Waals surface area contributed by atoms with Crippen LogP contribution in [0.3, 0.4) is 0 Å². The Morgan fingerprint density at radius 2 is 1.92 bits per heavy atom. The van der Waals surface area contributed by atoms with Crippen molar-refractivity contribution in [2.75, 3.05) is 0 Å². The number of nitrogens with zero attached hydrogens (tertiary/aromatic N) is 1. The second kappa shape index (κ2) is 7.12. The largest absolute Gasteiger partial charge is 0.273 e. The number of hydrogen-bond acceptors (Lipinski definition) is 2. The first kappa shape index (κ1) is 17.9. The van der Waals surface area contributed by atoms with Gasteiger partial charge in [0.05, 0.1) is 6.21 Å². The maximum Gasteiger partial charge on any atom is 0.243 e. The summed E-state index contributed by atoms with van der Waals surface area (Å²) in [5, 5.41) is 4.07. The first-order valence-electron chi connectivity index (χ1n) is 8.53. The van der Waals surface area contributed by atoms with E-state index in [-0.39, 0.29) is 17.2 Å². The van der Waals surface area contributed by atoms with E-state index in [1.165, 1.54) is 11.1 Å². The van der Waals surface area contributed by atoms with Gasteiger partial charge in [-0.2, -0.15) is 5.10 Å². The highest BCUT2D eigenvalue weighted by atomic mass is 79.9. The van der Waals surface area contributed by atoms with Gasteiger partial charge in [-0.3, -0.25) is 4.79 Å². The standard InChI is InChI=1S/C21H23BrN2O/c1-21(2,3)16-9-7-15(8-10-16)18-12-19(18)20(25)24-23-13-14-5-4-6-17(22)11-14/h4-11,13,18-19H,12H2,1-3H3,(H,24,25)/b23-13+. The molecule has 4 heteroatoms. The minimum Gasteiger partial charge on any atom is -0.273 e. The number of rotatable bonds is 4. The summed E-state index contributed by atoms with van der Waals surface area (Å²) < 4.78 is 0.990. The Kier molecular flexibility index (Phi) is 5.09. The third kappa shape index (κ3) is 4.57. The van der Waals surface area contributed by atoms with Crippen molar-refractivity contribution in [3.8, 4) is 0 Å². The molecule has 0 saturated heterocycles. The molecule has 0 bridgehead atoms. The van der Waals surface area contributed by atoms with Gasteiger partial charge in [0.1, 0.15) is 0 Å². The van der Waals surface area contributed by atoms with Gasteiger partial charge in [-0.25, -0.2) is 5.43 Å². The lowest BCUT2D eigenvalue weighted by atomic mass is 9.86. The normalized spacial score (nSPS) is 19.8. The molecule has 3 rings (SSSR count). The van der Waals surface area contributed by atoms with Gasteiger partial charge in [0.2, 0.25) is 5.91 Å². The van der Waals surface area contributed by atoms with Crippen molar-refractivity contribution in [3.63, 3.8) is 0 Å². The number of halogens is 1. The summed E-state index contributed by atoms with van der Waals surface area (Å²) in [7, 11) is 0. The molecular weight excluding hydrogens is 376 g/mol. The predicted molar refractivity (Wildman–Crippen MR) is 106 cm³/mol. The quantitative estimate of drug-likeness (QED) is 0.571. The highest BCUT2D eigenvalue weighted by Crippen LogP contribution is 2.47. The molecule has 1 amide bonds. The van der Waals surface area contributed by atoms with E-state index < -0.39 is 0 Å². The number of carbonyl (C=O) groups excluding carboxylic acids is 1. The SMILES string of the molecule is CC(C)(C)c1ccc(C2CC2C(=O)N/N=C/c2cccc(Br)c2)cc1. The molecule has 0 aromatic heterocycles. The summed E-state index contributed by atoms with van der Waals surface area (Å²) in [4.78, 5) is 12.2. The predicted octanol–water partition coefficient (Wildman–Crippen LogP) is 5.00. The number of carbonyl (C=O) groups is 1. The van der Waals surface area contributed by atoms with E-state index in [0.29, 0.717) is 5.92 Å². The number of nitrogens with one attached hydrogen (secondary N) is 1. The Bertz CT molecular complexity index is 790. The molecular formula is C21H23BrN2O. The van der Waals surface area contributed by atoms with E-state index >= 15 is 0 Å². The Morgan fingerprint density at radius 1 is 1.20 bits per heavy atom. The topological polar surface area (TPSA) is 41.5 Å². The summed E-state index contributed by atoms with van der Waals surface area (Å²) in [6, 6.07) is 16.4. The highest BCUT2D eigenvalue weighted by molar-refractivity contribution is 9.10. The molecule has 3 nitrogen and oxygen atoms in total. The van der Waals surface area contributed by atoms with Crippen LogP contribution in [0.5, 0.6) is 0 Å². The Labute approximate surface area is 157 Å². The van der Waals surface area contributed by atoms with Gasteiger partial charge in [-0.15, -0.1) is 0 Å². The van der Waals surface area contributed by atoms with Crippen LogP contribution in [0, 0.1) is 5.92 Å².